The van der Waals surface area contributed by atoms with Crippen LogP contribution in [-0.2, 0) is 29.3 Å². The Labute approximate surface area is 182 Å². The summed E-state index contributed by atoms with van der Waals surface area (Å²) in [7, 11) is -2.50. The van der Waals surface area contributed by atoms with E-state index in [0.717, 1.165) is 15.8 Å². The molecule has 0 aliphatic rings. The van der Waals surface area contributed by atoms with Crippen molar-refractivity contribution in [1.82, 2.24) is 9.62 Å². The summed E-state index contributed by atoms with van der Waals surface area (Å²) < 4.78 is 67.2. The number of sulfonamides is 1. The zero-order valence-corrected chi connectivity index (χ0v) is 18.0. The summed E-state index contributed by atoms with van der Waals surface area (Å²) in [6.07, 6.45) is -4.54. The maximum Gasteiger partial charge on any atom is 0.416 e. The van der Waals surface area contributed by atoms with Crippen molar-refractivity contribution >= 4 is 27.3 Å². The van der Waals surface area contributed by atoms with Gasteiger partial charge in [0.15, 0.2) is 0 Å². The molecule has 0 bridgehead atoms. The number of amides is 1. The number of rotatable bonds is 7. The minimum absolute atomic E-state index is 0.0489. The third kappa shape index (κ3) is 5.72. The first-order valence-corrected chi connectivity index (χ1v) is 11.5. The van der Waals surface area contributed by atoms with Crippen molar-refractivity contribution in [3.8, 4) is 0 Å². The monoisotopic (exact) mass is 468 g/mol. The third-order valence-corrected chi connectivity index (χ3v) is 6.76. The van der Waals surface area contributed by atoms with Gasteiger partial charge in [0.2, 0.25) is 10.0 Å². The van der Waals surface area contributed by atoms with Crippen LogP contribution in [0.5, 0.6) is 0 Å². The van der Waals surface area contributed by atoms with Gasteiger partial charge in [-0.2, -0.15) is 13.2 Å². The van der Waals surface area contributed by atoms with E-state index in [1.807, 2.05) is 5.38 Å². The maximum atomic E-state index is 13.2. The van der Waals surface area contributed by atoms with Crippen LogP contribution < -0.4 is 4.72 Å². The minimum Gasteiger partial charge on any atom is -0.337 e. The highest BCUT2D eigenvalue weighted by molar-refractivity contribution is 7.89. The standard InChI is InChI=1S/C21H19F3N2O3S2/c1-26(14-16-6-2-3-10-19(16)21(22,23)24)20(27)15-7-4-9-18(12-15)31(28,29)25-13-17-8-5-11-30-17/h2-12,25H,13-14H2,1H3. The molecule has 1 heterocycles. The van der Waals surface area contributed by atoms with Gasteiger partial charge in [0.1, 0.15) is 0 Å². The molecule has 2 aromatic carbocycles. The van der Waals surface area contributed by atoms with Crippen LogP contribution in [0.15, 0.2) is 70.9 Å². The molecule has 0 spiro atoms. The van der Waals surface area contributed by atoms with Crippen LogP contribution in [0.2, 0.25) is 0 Å². The van der Waals surface area contributed by atoms with E-state index in [0.29, 0.717) is 0 Å². The predicted octanol–water partition coefficient (Wildman–Crippen LogP) is 4.52. The quantitative estimate of drug-likeness (QED) is 0.555. The Balaban J connectivity index is 1.77. The molecule has 0 radical (unpaired) electrons. The fraction of sp³-hybridized carbons (Fsp3) is 0.190. The lowest BCUT2D eigenvalue weighted by molar-refractivity contribution is -0.138. The molecule has 0 saturated carbocycles. The lowest BCUT2D eigenvalue weighted by Crippen LogP contribution is -2.28. The molecule has 164 valence electrons. The van der Waals surface area contributed by atoms with Crippen molar-refractivity contribution in [3.05, 3.63) is 87.6 Å². The van der Waals surface area contributed by atoms with Gasteiger partial charge in [-0.1, -0.05) is 30.3 Å². The molecule has 5 nitrogen and oxygen atoms in total. The first-order valence-electron chi connectivity index (χ1n) is 9.10. The van der Waals surface area contributed by atoms with Crippen LogP contribution in [0.4, 0.5) is 13.2 Å². The molecule has 0 saturated heterocycles. The van der Waals surface area contributed by atoms with Crippen LogP contribution in [0.1, 0.15) is 26.4 Å². The lowest BCUT2D eigenvalue weighted by atomic mass is 10.1. The predicted molar refractivity (Wildman–Crippen MR) is 112 cm³/mol. The van der Waals surface area contributed by atoms with Gasteiger partial charge in [0, 0.05) is 30.6 Å². The molecule has 0 fully saturated rings. The van der Waals surface area contributed by atoms with E-state index in [1.54, 1.807) is 12.1 Å². The number of hydrogen-bond acceptors (Lipinski definition) is 4. The fourth-order valence-electron chi connectivity index (χ4n) is 2.94. The zero-order valence-electron chi connectivity index (χ0n) is 16.4. The van der Waals surface area contributed by atoms with Crippen molar-refractivity contribution in [1.29, 1.82) is 0 Å². The van der Waals surface area contributed by atoms with Crippen molar-refractivity contribution in [2.75, 3.05) is 7.05 Å². The van der Waals surface area contributed by atoms with Crippen LogP contribution in [0.3, 0.4) is 0 Å². The number of carbonyl (C=O) groups is 1. The van der Waals surface area contributed by atoms with Gasteiger partial charge in [-0.15, -0.1) is 11.3 Å². The smallest absolute Gasteiger partial charge is 0.337 e. The number of hydrogen-bond donors (Lipinski definition) is 1. The van der Waals surface area contributed by atoms with Gasteiger partial charge in [0.05, 0.1) is 10.5 Å². The van der Waals surface area contributed by atoms with E-state index in [9.17, 15) is 26.4 Å². The van der Waals surface area contributed by atoms with Crippen LogP contribution >= 0.6 is 11.3 Å². The molecular formula is C21H19F3N2O3S2. The Morgan fingerprint density at radius 1 is 1.06 bits per heavy atom. The summed E-state index contributed by atoms with van der Waals surface area (Å²) in [6.45, 7) is -0.158. The summed E-state index contributed by atoms with van der Waals surface area (Å²) in [4.78, 5) is 14.6. The second kappa shape index (κ2) is 9.21. The summed E-state index contributed by atoms with van der Waals surface area (Å²) in [5.74, 6) is -0.590. The first kappa shape index (κ1) is 23.0. The van der Waals surface area contributed by atoms with E-state index < -0.39 is 27.7 Å². The highest BCUT2D eigenvalue weighted by atomic mass is 32.2. The van der Waals surface area contributed by atoms with Crippen LogP contribution in [0.25, 0.3) is 0 Å². The largest absolute Gasteiger partial charge is 0.416 e. The van der Waals surface area contributed by atoms with E-state index in [1.165, 1.54) is 60.8 Å². The average Bonchev–Trinajstić information content (AvgIpc) is 3.25. The number of carbonyl (C=O) groups excluding carboxylic acids is 1. The normalized spacial score (nSPS) is 12.0. The van der Waals surface area contributed by atoms with Gasteiger partial charge in [-0.25, -0.2) is 13.1 Å². The molecule has 0 aliphatic heterocycles. The summed E-state index contributed by atoms with van der Waals surface area (Å²) in [5, 5.41) is 1.83. The molecule has 10 heteroatoms. The van der Waals surface area contributed by atoms with E-state index in [4.69, 9.17) is 0 Å². The second-order valence-corrected chi connectivity index (χ2v) is 9.55. The van der Waals surface area contributed by atoms with E-state index >= 15 is 0 Å². The molecule has 1 aromatic heterocycles. The van der Waals surface area contributed by atoms with Crippen LogP contribution in [0, 0.1) is 0 Å². The highest BCUT2D eigenvalue weighted by Gasteiger charge is 2.33. The molecule has 1 N–H and O–H groups in total. The molecule has 3 rings (SSSR count). The number of halogens is 3. The summed E-state index contributed by atoms with van der Waals surface area (Å²) >= 11 is 1.41. The van der Waals surface area contributed by atoms with Gasteiger partial charge < -0.3 is 4.90 Å². The van der Waals surface area contributed by atoms with Crippen molar-refractivity contribution in [2.45, 2.75) is 24.2 Å². The first-order chi connectivity index (χ1) is 14.6. The Hall–Kier alpha value is -2.69. The second-order valence-electron chi connectivity index (χ2n) is 6.75. The molecule has 31 heavy (non-hydrogen) atoms. The average molecular weight is 469 g/mol. The number of thiophene rings is 1. The number of nitrogens with one attached hydrogen (secondary N) is 1. The Bertz CT molecular complexity index is 1160. The van der Waals surface area contributed by atoms with Gasteiger partial charge in [-0.05, 0) is 41.3 Å². The highest BCUT2D eigenvalue weighted by Crippen LogP contribution is 2.32. The third-order valence-electron chi connectivity index (χ3n) is 4.48. The molecular weight excluding hydrogens is 449 g/mol. The maximum absolute atomic E-state index is 13.2. The van der Waals surface area contributed by atoms with Crippen molar-refractivity contribution < 1.29 is 26.4 Å². The Morgan fingerprint density at radius 2 is 1.81 bits per heavy atom. The Kier molecular flexibility index (Phi) is 6.83. The van der Waals surface area contributed by atoms with E-state index in [-0.39, 0.29) is 29.1 Å². The molecule has 0 unspecified atom stereocenters. The van der Waals surface area contributed by atoms with Gasteiger partial charge in [-0.3, -0.25) is 4.79 Å². The molecule has 0 aliphatic carbocycles. The molecule has 0 atom stereocenters. The van der Waals surface area contributed by atoms with Crippen LogP contribution in [-0.4, -0.2) is 26.3 Å². The van der Waals surface area contributed by atoms with Crippen molar-refractivity contribution in [2.24, 2.45) is 0 Å². The minimum atomic E-state index is -4.54. The fourth-order valence-corrected chi connectivity index (χ4v) is 4.73. The summed E-state index contributed by atoms with van der Waals surface area (Å²) in [6, 6.07) is 14.0. The molecule has 1 amide bonds. The number of benzene rings is 2. The van der Waals surface area contributed by atoms with Gasteiger partial charge >= 0.3 is 6.18 Å². The summed E-state index contributed by atoms with van der Waals surface area (Å²) in [5.41, 5.74) is -0.804. The lowest BCUT2D eigenvalue weighted by Gasteiger charge is -2.20. The number of nitrogens with zero attached hydrogens (tertiary/aromatic N) is 1. The van der Waals surface area contributed by atoms with Gasteiger partial charge in [0.25, 0.3) is 5.91 Å². The Morgan fingerprint density at radius 3 is 2.48 bits per heavy atom. The number of alkyl halides is 3. The topological polar surface area (TPSA) is 66.5 Å². The van der Waals surface area contributed by atoms with E-state index in [2.05, 4.69) is 4.72 Å². The molecule has 3 aromatic rings. The zero-order chi connectivity index (χ0) is 22.6. The van der Waals surface area contributed by atoms with Crippen molar-refractivity contribution in [3.63, 3.8) is 0 Å². The SMILES string of the molecule is CN(Cc1ccccc1C(F)(F)F)C(=O)c1cccc(S(=O)(=O)NCc2cccs2)c1.